The predicted molar refractivity (Wildman–Crippen MR) is 60.3 cm³/mol. The van der Waals surface area contributed by atoms with Crippen LogP contribution in [0, 0.1) is 11.8 Å². The minimum atomic E-state index is -0.00669. The molecule has 0 bridgehead atoms. The number of hydrogen-bond acceptors (Lipinski definition) is 2. The van der Waals surface area contributed by atoms with Crippen LogP contribution in [0.1, 0.15) is 46.5 Å². The van der Waals surface area contributed by atoms with Crippen LogP contribution in [0.2, 0.25) is 0 Å². The number of nitrogens with one attached hydrogen (secondary N) is 1. The molecule has 1 aliphatic rings. The highest BCUT2D eigenvalue weighted by molar-refractivity contribution is 4.80. The number of aliphatic hydroxyl groups excluding tert-OH is 1. The molecule has 1 unspecified atom stereocenters. The third kappa shape index (κ3) is 4.43. The number of hydrogen-bond donors (Lipinski definition) is 2. The molecule has 0 saturated heterocycles. The normalized spacial score (nSPS) is 28.9. The van der Waals surface area contributed by atoms with Gasteiger partial charge in [-0.1, -0.05) is 13.8 Å². The molecule has 2 N–H and O–H groups in total. The van der Waals surface area contributed by atoms with Gasteiger partial charge in [0, 0.05) is 6.04 Å². The quantitative estimate of drug-likeness (QED) is 0.687. The van der Waals surface area contributed by atoms with Crippen molar-refractivity contribution >= 4 is 0 Å². The summed E-state index contributed by atoms with van der Waals surface area (Å²) < 4.78 is 0. The zero-order valence-corrected chi connectivity index (χ0v) is 9.79. The monoisotopic (exact) mass is 199 g/mol. The topological polar surface area (TPSA) is 32.3 Å². The van der Waals surface area contributed by atoms with E-state index < -0.39 is 0 Å². The maximum atomic E-state index is 9.13. The first kappa shape index (κ1) is 12.0. The Morgan fingerprint density at radius 2 is 1.86 bits per heavy atom. The Kier molecular flexibility index (Phi) is 4.90. The van der Waals surface area contributed by atoms with E-state index in [0.29, 0.717) is 6.04 Å². The van der Waals surface area contributed by atoms with Crippen molar-refractivity contribution in [2.24, 2.45) is 11.8 Å². The second-order valence-electron chi connectivity index (χ2n) is 5.27. The van der Waals surface area contributed by atoms with E-state index >= 15 is 0 Å². The molecular formula is C12H25NO. The van der Waals surface area contributed by atoms with Crippen LogP contribution in [0.25, 0.3) is 0 Å². The van der Waals surface area contributed by atoms with E-state index in [9.17, 15) is 0 Å². The van der Waals surface area contributed by atoms with Crippen molar-refractivity contribution in [3.8, 4) is 0 Å². The molecule has 1 aliphatic carbocycles. The van der Waals surface area contributed by atoms with Gasteiger partial charge in [0.2, 0.25) is 0 Å². The van der Waals surface area contributed by atoms with E-state index in [1.807, 2.05) is 0 Å². The van der Waals surface area contributed by atoms with Crippen molar-refractivity contribution in [1.82, 2.24) is 5.32 Å². The molecule has 0 amide bonds. The zero-order chi connectivity index (χ0) is 10.6. The van der Waals surface area contributed by atoms with Gasteiger partial charge in [-0.15, -0.1) is 0 Å². The molecule has 0 aromatic heterocycles. The van der Waals surface area contributed by atoms with Crippen molar-refractivity contribution in [2.75, 3.05) is 6.54 Å². The van der Waals surface area contributed by atoms with Gasteiger partial charge in [-0.3, -0.25) is 0 Å². The van der Waals surface area contributed by atoms with E-state index in [4.69, 9.17) is 5.11 Å². The Hall–Kier alpha value is -0.0800. The summed E-state index contributed by atoms with van der Waals surface area (Å²) in [4.78, 5) is 0. The van der Waals surface area contributed by atoms with Crippen LogP contribution in [0.15, 0.2) is 0 Å². The number of rotatable bonds is 6. The molecule has 1 atom stereocenters. The van der Waals surface area contributed by atoms with Crippen molar-refractivity contribution in [3.05, 3.63) is 0 Å². The minimum absolute atomic E-state index is 0.00669. The lowest BCUT2D eigenvalue weighted by Crippen LogP contribution is -2.39. The minimum Gasteiger partial charge on any atom is -0.393 e. The van der Waals surface area contributed by atoms with E-state index in [0.717, 1.165) is 31.2 Å². The van der Waals surface area contributed by atoms with Crippen molar-refractivity contribution in [3.63, 3.8) is 0 Å². The fourth-order valence-electron chi connectivity index (χ4n) is 1.92. The van der Waals surface area contributed by atoms with Crippen LogP contribution in [0.3, 0.4) is 0 Å². The van der Waals surface area contributed by atoms with Gasteiger partial charge in [0.25, 0.3) is 0 Å². The Balaban J connectivity index is 1.95. The van der Waals surface area contributed by atoms with Gasteiger partial charge in [0.05, 0.1) is 6.10 Å². The third-order valence-electron chi connectivity index (χ3n) is 3.14. The smallest absolute Gasteiger partial charge is 0.0546 e. The molecule has 0 heterocycles. The molecule has 84 valence electrons. The summed E-state index contributed by atoms with van der Waals surface area (Å²) in [5, 5.41) is 12.7. The van der Waals surface area contributed by atoms with E-state index in [1.165, 1.54) is 12.8 Å². The summed E-state index contributed by atoms with van der Waals surface area (Å²) in [5.74, 6) is 1.54. The lowest BCUT2D eigenvalue weighted by atomic mass is 9.82. The van der Waals surface area contributed by atoms with Crippen molar-refractivity contribution < 1.29 is 5.11 Å². The second kappa shape index (κ2) is 5.72. The molecule has 2 nitrogen and oxygen atoms in total. The first-order chi connectivity index (χ1) is 6.58. The van der Waals surface area contributed by atoms with Gasteiger partial charge in [-0.25, -0.2) is 0 Å². The zero-order valence-electron chi connectivity index (χ0n) is 9.79. The maximum Gasteiger partial charge on any atom is 0.0546 e. The first-order valence-corrected chi connectivity index (χ1v) is 5.99. The van der Waals surface area contributed by atoms with Crippen LogP contribution in [-0.4, -0.2) is 23.8 Å². The average Bonchev–Trinajstić information content (AvgIpc) is 2.07. The van der Waals surface area contributed by atoms with E-state index in [-0.39, 0.29) is 6.10 Å². The van der Waals surface area contributed by atoms with Crippen LogP contribution in [-0.2, 0) is 0 Å². The summed E-state index contributed by atoms with van der Waals surface area (Å²) in [5.41, 5.74) is 0. The Morgan fingerprint density at radius 1 is 1.21 bits per heavy atom. The van der Waals surface area contributed by atoms with Gasteiger partial charge in [0.1, 0.15) is 0 Å². The van der Waals surface area contributed by atoms with Gasteiger partial charge < -0.3 is 10.4 Å². The van der Waals surface area contributed by atoms with Crippen molar-refractivity contribution in [1.29, 1.82) is 0 Å². The SMILES string of the molecule is CC(C)CCC(C)NCC1CC(O)C1. The standard InChI is InChI=1S/C12H25NO/c1-9(2)4-5-10(3)13-8-11-6-12(14)7-11/h9-14H,4-8H2,1-3H3. The van der Waals surface area contributed by atoms with Crippen molar-refractivity contribution in [2.45, 2.75) is 58.6 Å². The largest absolute Gasteiger partial charge is 0.393 e. The van der Waals surface area contributed by atoms with Gasteiger partial charge in [-0.2, -0.15) is 0 Å². The summed E-state index contributed by atoms with van der Waals surface area (Å²) in [6, 6.07) is 0.634. The Labute approximate surface area is 88.1 Å². The summed E-state index contributed by atoms with van der Waals surface area (Å²) >= 11 is 0. The van der Waals surface area contributed by atoms with E-state index in [2.05, 4.69) is 26.1 Å². The molecule has 0 aromatic rings. The predicted octanol–water partition coefficient (Wildman–Crippen LogP) is 2.17. The fourth-order valence-corrected chi connectivity index (χ4v) is 1.92. The molecule has 2 heteroatoms. The van der Waals surface area contributed by atoms with Gasteiger partial charge >= 0.3 is 0 Å². The highest BCUT2D eigenvalue weighted by atomic mass is 16.3. The third-order valence-corrected chi connectivity index (χ3v) is 3.14. The molecular weight excluding hydrogens is 174 g/mol. The van der Waals surface area contributed by atoms with Gasteiger partial charge in [-0.05, 0) is 51.0 Å². The Morgan fingerprint density at radius 3 is 2.36 bits per heavy atom. The molecule has 0 aromatic carbocycles. The molecule has 1 saturated carbocycles. The van der Waals surface area contributed by atoms with Crippen LogP contribution in [0.4, 0.5) is 0 Å². The molecule has 0 radical (unpaired) electrons. The lowest BCUT2D eigenvalue weighted by Gasteiger charge is -2.32. The van der Waals surface area contributed by atoms with E-state index in [1.54, 1.807) is 0 Å². The molecule has 0 aliphatic heterocycles. The molecule has 1 rings (SSSR count). The van der Waals surface area contributed by atoms with Crippen LogP contribution >= 0.6 is 0 Å². The number of aliphatic hydroxyl groups is 1. The van der Waals surface area contributed by atoms with Crippen LogP contribution < -0.4 is 5.32 Å². The molecule has 14 heavy (non-hydrogen) atoms. The lowest BCUT2D eigenvalue weighted by molar-refractivity contribution is 0.0419. The van der Waals surface area contributed by atoms with Gasteiger partial charge in [0.15, 0.2) is 0 Å². The molecule has 1 fully saturated rings. The summed E-state index contributed by atoms with van der Waals surface area (Å²) in [7, 11) is 0. The summed E-state index contributed by atoms with van der Waals surface area (Å²) in [6.07, 6.45) is 4.58. The average molecular weight is 199 g/mol. The Bertz CT molecular complexity index is 152. The van der Waals surface area contributed by atoms with Crippen LogP contribution in [0.5, 0.6) is 0 Å². The highest BCUT2D eigenvalue weighted by Crippen LogP contribution is 2.26. The summed E-state index contributed by atoms with van der Waals surface area (Å²) in [6.45, 7) is 7.90. The molecule has 0 spiro atoms. The highest BCUT2D eigenvalue weighted by Gasteiger charge is 2.26. The first-order valence-electron chi connectivity index (χ1n) is 5.99. The second-order valence-corrected chi connectivity index (χ2v) is 5.27. The maximum absolute atomic E-state index is 9.13. The fraction of sp³-hybridized carbons (Fsp3) is 1.00.